The molecular formula is C9H8N4. The van der Waals surface area contributed by atoms with Crippen molar-refractivity contribution in [3.8, 4) is 11.4 Å². The lowest BCUT2D eigenvalue weighted by molar-refractivity contribution is 1.18. The summed E-state index contributed by atoms with van der Waals surface area (Å²) in [6.07, 6.45) is 5.03. The summed E-state index contributed by atoms with van der Waals surface area (Å²) < 4.78 is 0. The molecule has 2 rings (SSSR count). The summed E-state index contributed by atoms with van der Waals surface area (Å²) in [4.78, 5) is 12.1. The zero-order valence-corrected chi connectivity index (χ0v) is 6.88. The molecule has 0 atom stereocenters. The van der Waals surface area contributed by atoms with E-state index in [0.717, 1.165) is 5.56 Å². The maximum atomic E-state index is 5.53. The number of pyridine rings is 1. The fraction of sp³-hybridized carbons (Fsp3) is 0. The Balaban J connectivity index is 2.48. The van der Waals surface area contributed by atoms with Gasteiger partial charge in [-0.15, -0.1) is 0 Å². The summed E-state index contributed by atoms with van der Waals surface area (Å²) >= 11 is 0. The van der Waals surface area contributed by atoms with Crippen LogP contribution in [0.1, 0.15) is 0 Å². The molecule has 0 aromatic carbocycles. The average Bonchev–Trinajstić information content (AvgIpc) is 2.19. The second-order valence-corrected chi connectivity index (χ2v) is 2.54. The van der Waals surface area contributed by atoms with Crippen LogP contribution in [0.5, 0.6) is 0 Å². The zero-order valence-electron chi connectivity index (χ0n) is 6.88. The first-order valence-electron chi connectivity index (χ1n) is 3.85. The Morgan fingerprint density at radius 1 is 1.00 bits per heavy atom. The molecule has 0 aliphatic heterocycles. The van der Waals surface area contributed by atoms with Gasteiger partial charge in [0, 0.05) is 24.2 Å². The van der Waals surface area contributed by atoms with Crippen LogP contribution in [0.25, 0.3) is 11.4 Å². The molecule has 2 aromatic heterocycles. The minimum Gasteiger partial charge on any atom is -0.384 e. The molecule has 0 aliphatic rings. The molecular weight excluding hydrogens is 164 g/mol. The third kappa shape index (κ3) is 1.61. The third-order valence-electron chi connectivity index (χ3n) is 1.62. The molecule has 2 aromatic rings. The van der Waals surface area contributed by atoms with E-state index in [4.69, 9.17) is 5.73 Å². The molecule has 4 nitrogen and oxygen atoms in total. The van der Waals surface area contributed by atoms with E-state index in [1.807, 2.05) is 12.1 Å². The summed E-state index contributed by atoms with van der Waals surface area (Å²) in [5.74, 6) is 1.10. The molecule has 4 heteroatoms. The minimum atomic E-state index is 0.474. The fourth-order valence-electron chi connectivity index (χ4n) is 1.01. The lowest BCUT2D eigenvalue weighted by Crippen LogP contribution is -1.94. The van der Waals surface area contributed by atoms with Crippen LogP contribution in [0.4, 0.5) is 5.82 Å². The molecule has 0 fully saturated rings. The van der Waals surface area contributed by atoms with Crippen LogP contribution in [0.3, 0.4) is 0 Å². The Morgan fingerprint density at radius 3 is 2.46 bits per heavy atom. The maximum absolute atomic E-state index is 5.53. The highest BCUT2D eigenvalue weighted by molar-refractivity contribution is 5.54. The first-order chi connectivity index (χ1) is 6.36. The third-order valence-corrected chi connectivity index (χ3v) is 1.62. The van der Waals surface area contributed by atoms with Crippen molar-refractivity contribution in [2.24, 2.45) is 0 Å². The van der Waals surface area contributed by atoms with Gasteiger partial charge in [-0.25, -0.2) is 9.97 Å². The summed E-state index contributed by atoms with van der Waals surface area (Å²) in [5.41, 5.74) is 6.45. The standard InChI is InChI=1S/C9H8N4/c10-8-3-6-12-9(13-8)7-1-4-11-5-2-7/h1-6H,(H2,10,12,13). The summed E-state index contributed by atoms with van der Waals surface area (Å²) in [5, 5.41) is 0. The Bertz CT molecular complexity index is 399. The van der Waals surface area contributed by atoms with Crippen LogP contribution < -0.4 is 5.73 Å². The number of nitrogens with zero attached hydrogens (tertiary/aromatic N) is 3. The second kappa shape index (κ2) is 3.18. The van der Waals surface area contributed by atoms with E-state index in [-0.39, 0.29) is 0 Å². The van der Waals surface area contributed by atoms with Gasteiger partial charge in [-0.05, 0) is 18.2 Å². The van der Waals surface area contributed by atoms with Crippen LogP contribution in [0, 0.1) is 0 Å². The smallest absolute Gasteiger partial charge is 0.161 e. The van der Waals surface area contributed by atoms with E-state index >= 15 is 0 Å². The van der Waals surface area contributed by atoms with Gasteiger partial charge >= 0.3 is 0 Å². The fourth-order valence-corrected chi connectivity index (χ4v) is 1.01. The van der Waals surface area contributed by atoms with Crippen LogP contribution in [0.2, 0.25) is 0 Å². The monoisotopic (exact) mass is 172 g/mol. The Kier molecular flexibility index (Phi) is 1.88. The van der Waals surface area contributed by atoms with Crippen LogP contribution in [-0.4, -0.2) is 15.0 Å². The quantitative estimate of drug-likeness (QED) is 0.700. The zero-order chi connectivity index (χ0) is 9.10. The highest BCUT2D eigenvalue weighted by Crippen LogP contribution is 2.12. The van der Waals surface area contributed by atoms with E-state index in [9.17, 15) is 0 Å². The number of aromatic nitrogens is 3. The SMILES string of the molecule is Nc1ccnc(-c2ccncc2)n1. The number of nitrogen functional groups attached to an aromatic ring is 1. The number of nitrogens with two attached hydrogens (primary N) is 1. The van der Waals surface area contributed by atoms with Gasteiger partial charge in [0.15, 0.2) is 5.82 Å². The predicted octanol–water partition coefficient (Wildman–Crippen LogP) is 1.12. The minimum absolute atomic E-state index is 0.474. The van der Waals surface area contributed by atoms with E-state index in [1.54, 1.807) is 24.7 Å². The molecule has 0 aliphatic carbocycles. The van der Waals surface area contributed by atoms with Crippen LogP contribution in [0.15, 0.2) is 36.8 Å². The van der Waals surface area contributed by atoms with Crippen LogP contribution >= 0.6 is 0 Å². The second-order valence-electron chi connectivity index (χ2n) is 2.54. The van der Waals surface area contributed by atoms with Crippen molar-refractivity contribution in [2.75, 3.05) is 5.73 Å². The van der Waals surface area contributed by atoms with Crippen molar-refractivity contribution in [3.63, 3.8) is 0 Å². The normalized spacial score (nSPS) is 9.85. The van der Waals surface area contributed by atoms with E-state index in [2.05, 4.69) is 15.0 Å². The van der Waals surface area contributed by atoms with Gasteiger partial charge in [-0.2, -0.15) is 0 Å². The molecule has 0 bridgehead atoms. The molecule has 0 saturated heterocycles. The lowest BCUT2D eigenvalue weighted by Gasteiger charge is -1.98. The number of hydrogen-bond acceptors (Lipinski definition) is 4. The average molecular weight is 172 g/mol. The van der Waals surface area contributed by atoms with Crippen molar-refractivity contribution in [3.05, 3.63) is 36.8 Å². The number of rotatable bonds is 1. The van der Waals surface area contributed by atoms with E-state index < -0.39 is 0 Å². The van der Waals surface area contributed by atoms with Gasteiger partial charge in [-0.3, -0.25) is 4.98 Å². The largest absolute Gasteiger partial charge is 0.384 e. The highest BCUT2D eigenvalue weighted by atomic mass is 14.9. The lowest BCUT2D eigenvalue weighted by atomic mass is 10.2. The van der Waals surface area contributed by atoms with Crippen LogP contribution in [-0.2, 0) is 0 Å². The summed E-state index contributed by atoms with van der Waals surface area (Å²) in [7, 11) is 0. The van der Waals surface area contributed by atoms with Crippen molar-refractivity contribution in [2.45, 2.75) is 0 Å². The van der Waals surface area contributed by atoms with E-state index in [0.29, 0.717) is 11.6 Å². The van der Waals surface area contributed by atoms with Crippen molar-refractivity contribution in [1.29, 1.82) is 0 Å². The Labute approximate surface area is 75.5 Å². The number of anilines is 1. The maximum Gasteiger partial charge on any atom is 0.161 e. The molecule has 64 valence electrons. The van der Waals surface area contributed by atoms with Gasteiger partial charge in [0.05, 0.1) is 0 Å². The molecule has 2 N–H and O–H groups in total. The van der Waals surface area contributed by atoms with Gasteiger partial charge in [0.2, 0.25) is 0 Å². The molecule has 2 heterocycles. The van der Waals surface area contributed by atoms with Crippen molar-refractivity contribution in [1.82, 2.24) is 15.0 Å². The Hall–Kier alpha value is -1.97. The van der Waals surface area contributed by atoms with E-state index in [1.165, 1.54) is 0 Å². The molecule has 0 spiro atoms. The molecule has 0 saturated carbocycles. The molecule has 0 unspecified atom stereocenters. The summed E-state index contributed by atoms with van der Waals surface area (Å²) in [6.45, 7) is 0. The van der Waals surface area contributed by atoms with Gasteiger partial charge in [0.25, 0.3) is 0 Å². The molecule has 13 heavy (non-hydrogen) atoms. The number of hydrogen-bond donors (Lipinski definition) is 1. The van der Waals surface area contributed by atoms with Gasteiger partial charge in [-0.1, -0.05) is 0 Å². The first kappa shape index (κ1) is 7.67. The van der Waals surface area contributed by atoms with Gasteiger partial charge < -0.3 is 5.73 Å². The molecule has 0 radical (unpaired) electrons. The summed E-state index contributed by atoms with van der Waals surface area (Å²) in [6, 6.07) is 5.34. The first-order valence-corrected chi connectivity index (χ1v) is 3.85. The van der Waals surface area contributed by atoms with Crippen molar-refractivity contribution < 1.29 is 0 Å². The predicted molar refractivity (Wildman–Crippen MR) is 49.7 cm³/mol. The van der Waals surface area contributed by atoms with Crippen molar-refractivity contribution >= 4 is 5.82 Å². The molecule has 0 amide bonds. The Morgan fingerprint density at radius 2 is 1.77 bits per heavy atom. The highest BCUT2D eigenvalue weighted by Gasteiger charge is 1.98. The van der Waals surface area contributed by atoms with Gasteiger partial charge in [0.1, 0.15) is 5.82 Å². The topological polar surface area (TPSA) is 64.7 Å².